The van der Waals surface area contributed by atoms with E-state index >= 15 is 0 Å². The van der Waals surface area contributed by atoms with Crippen molar-refractivity contribution < 1.29 is 22.1 Å². The van der Waals surface area contributed by atoms with Crippen molar-refractivity contribution in [2.45, 2.75) is 26.2 Å². The topological polar surface area (TPSA) is 65.7 Å². The summed E-state index contributed by atoms with van der Waals surface area (Å²) in [5.74, 6) is 0. The second-order valence-electron chi connectivity index (χ2n) is 38.9. The molecule has 0 saturated carbocycles. The molecule has 0 bridgehead atoms. The third-order valence-corrected chi connectivity index (χ3v) is 31.1. The van der Waals surface area contributed by atoms with Gasteiger partial charge in [-0.15, -0.1) is 0 Å². The monoisotopic (exact) mass is 1790 g/mol. The first-order valence-corrected chi connectivity index (χ1v) is 48.7. The van der Waals surface area contributed by atoms with Gasteiger partial charge in [-0.05, 0) is 342 Å². The summed E-state index contributed by atoms with van der Waals surface area (Å²) in [7, 11) is 0. The highest BCUT2D eigenvalue weighted by molar-refractivity contribution is 6.33. The van der Waals surface area contributed by atoms with Gasteiger partial charge in [0, 0.05) is 59.3 Å². The van der Waals surface area contributed by atoms with Crippen LogP contribution < -0.4 is 0 Å². The predicted octanol–water partition coefficient (Wildman–Crippen LogP) is 39.4. The molecule has 0 atom stereocenters. The van der Waals surface area contributed by atoms with Gasteiger partial charge in [0.1, 0.15) is 55.8 Å². The second kappa shape index (κ2) is 29.9. The van der Waals surface area contributed by atoms with E-state index in [0.717, 1.165) is 252 Å². The molecule has 0 unspecified atom stereocenters. The molecule has 0 fully saturated rings. The highest BCUT2D eigenvalue weighted by Crippen LogP contribution is 2.57. The zero-order valence-corrected chi connectivity index (χ0v) is 77.2. The van der Waals surface area contributed by atoms with Crippen molar-refractivity contribution in [3.63, 3.8) is 0 Å². The zero-order valence-electron chi connectivity index (χ0n) is 77.2. The summed E-state index contributed by atoms with van der Waals surface area (Å²) in [5, 5.41) is 31.5. The van der Waals surface area contributed by atoms with Crippen molar-refractivity contribution >= 4 is 212 Å². The fraction of sp³-hybridized carbons (Fsp3) is 0.0294. The van der Waals surface area contributed by atoms with Gasteiger partial charge < -0.3 is 22.1 Å². The Hall–Kier alpha value is -18.2. The van der Waals surface area contributed by atoms with Gasteiger partial charge in [-0.2, -0.15) is 0 Å². The van der Waals surface area contributed by atoms with E-state index in [2.05, 4.69) is 446 Å². The molecular formula is C136H82O5. The zero-order chi connectivity index (χ0) is 92.9. The lowest BCUT2D eigenvalue weighted by Crippen LogP contribution is -2.16. The molecule has 0 spiro atoms. The van der Waals surface area contributed by atoms with Gasteiger partial charge in [-0.25, -0.2) is 0 Å². The Morgan fingerprint density at radius 2 is 0.511 bits per heavy atom. The molecule has 5 heteroatoms. The van der Waals surface area contributed by atoms with Crippen LogP contribution in [0.2, 0.25) is 0 Å². The number of benzene rings is 24. The highest BCUT2D eigenvalue weighted by atomic mass is 16.3. The highest BCUT2D eigenvalue weighted by Gasteiger charge is 2.36. The maximum absolute atomic E-state index is 7.29. The molecule has 141 heavy (non-hydrogen) atoms. The summed E-state index contributed by atoms with van der Waals surface area (Å²) >= 11 is 0. The third-order valence-electron chi connectivity index (χ3n) is 31.1. The number of furan rings is 5. The third kappa shape index (κ3) is 11.6. The first kappa shape index (κ1) is 79.1. The molecule has 5 aromatic heterocycles. The fourth-order valence-electron chi connectivity index (χ4n) is 24.8. The summed E-state index contributed by atoms with van der Waals surface area (Å²) in [5.41, 5.74) is 33.9. The molecule has 1 aliphatic carbocycles. The summed E-state index contributed by atoms with van der Waals surface area (Å²) in [6.45, 7) is 11.1. The van der Waals surface area contributed by atoms with Crippen LogP contribution in [0.15, 0.2) is 465 Å². The Bertz CT molecular complexity index is 10700. The molecule has 0 radical (unpaired) electrons. The number of allylic oxidation sites excluding steroid dienone is 5. The van der Waals surface area contributed by atoms with E-state index < -0.39 is 0 Å². The summed E-state index contributed by atoms with van der Waals surface area (Å²) in [6.07, 6.45) is 6.43. The number of hydrogen-bond acceptors (Lipinski definition) is 5. The average molecular weight is 1800 g/mol. The summed E-state index contributed by atoms with van der Waals surface area (Å²) in [6, 6.07) is 152. The fourth-order valence-corrected chi connectivity index (χ4v) is 24.8. The molecule has 656 valence electrons. The van der Waals surface area contributed by atoms with Gasteiger partial charge in [0.2, 0.25) is 0 Å². The molecule has 0 amide bonds. The molecule has 0 N–H and O–H groups in total. The molecule has 1 aliphatic rings. The molecule has 30 rings (SSSR count). The lowest BCUT2D eigenvalue weighted by molar-refractivity contribution is 0.654. The predicted molar refractivity (Wildman–Crippen MR) is 594 cm³/mol. The Morgan fingerprint density at radius 3 is 0.993 bits per heavy atom. The summed E-state index contributed by atoms with van der Waals surface area (Å²) < 4.78 is 34.4. The van der Waals surface area contributed by atoms with Crippen molar-refractivity contribution in [3.05, 3.63) is 454 Å². The maximum atomic E-state index is 7.29. The van der Waals surface area contributed by atoms with Crippen LogP contribution >= 0.6 is 0 Å². The van der Waals surface area contributed by atoms with Gasteiger partial charge in [-0.3, -0.25) is 0 Å². The number of fused-ring (bicyclic) bond motifs is 25. The van der Waals surface area contributed by atoms with Gasteiger partial charge in [0.05, 0.1) is 0 Å². The van der Waals surface area contributed by atoms with E-state index in [-0.39, 0.29) is 5.41 Å². The van der Waals surface area contributed by atoms with Crippen LogP contribution in [0.5, 0.6) is 0 Å². The largest absolute Gasteiger partial charge is 0.456 e. The van der Waals surface area contributed by atoms with E-state index in [0.29, 0.717) is 0 Å². The van der Waals surface area contributed by atoms with Crippen molar-refractivity contribution in [2.75, 3.05) is 0 Å². The van der Waals surface area contributed by atoms with Gasteiger partial charge >= 0.3 is 0 Å². The Labute approximate surface area is 808 Å². The van der Waals surface area contributed by atoms with Gasteiger partial charge in [0.15, 0.2) is 0 Å². The van der Waals surface area contributed by atoms with Crippen LogP contribution in [0.3, 0.4) is 0 Å². The van der Waals surface area contributed by atoms with E-state index in [1.165, 1.54) is 76.8 Å². The standard InChI is InChI=1S/C136H82O5/c1-5-25-114-90(6-2)107-66-82(58-62-115(107)136(114,3)4)76-48-50-77(51-49-76)126-92-29-9-14-34-97(92)130(105-40-23-46-121-134(105)111-69-78-26-7-8-27-79(78)73-123(111)139-121)109-67-83(56-60-100(109)126)80-52-54-86-71-113-125(75-88(86)64-80)141-122-47-24-41-106(135(113)122)131-99-36-16-15-35-98(99)129(103-38-21-44-119-132(103)102-37-18-20-43-117(102)138-119)101-61-57-84(68-110(101)131)81-53-55-85-70-112-124(74-89(85)65-81)140-120-45-22-39-104(133(112)120)128-95-32-12-10-30-93(95)127(94-31-11-13-33-96(94)128)87-59-63-118-108(72-87)91-28-17-19-42-116(91)137-118/h5-75H,2H2,1,3-4H3/b25-5-. The van der Waals surface area contributed by atoms with Crippen LogP contribution in [0.1, 0.15) is 31.9 Å². The summed E-state index contributed by atoms with van der Waals surface area (Å²) in [4.78, 5) is 0. The van der Waals surface area contributed by atoms with Crippen LogP contribution in [-0.2, 0) is 5.41 Å². The lowest BCUT2D eigenvalue weighted by Gasteiger charge is -2.23. The molecule has 5 heterocycles. The first-order chi connectivity index (χ1) is 69.5. The normalized spacial score (nSPS) is 13.1. The number of hydrogen-bond donors (Lipinski definition) is 0. The average Bonchev–Trinajstić information content (AvgIpc) is 1.70. The van der Waals surface area contributed by atoms with Crippen LogP contribution in [0, 0.1) is 0 Å². The quantitative estimate of drug-likeness (QED) is 0.121. The Kier molecular flexibility index (Phi) is 16.8. The molecular weight excluding hydrogens is 1710 g/mol. The Balaban J connectivity index is 0.569. The second-order valence-corrected chi connectivity index (χ2v) is 38.9. The molecule has 0 aliphatic heterocycles. The minimum atomic E-state index is -0.140. The molecule has 5 nitrogen and oxygen atoms in total. The van der Waals surface area contributed by atoms with E-state index in [4.69, 9.17) is 22.1 Å². The van der Waals surface area contributed by atoms with Gasteiger partial charge in [-0.1, -0.05) is 336 Å². The van der Waals surface area contributed by atoms with E-state index in [1.54, 1.807) is 0 Å². The van der Waals surface area contributed by atoms with Gasteiger partial charge in [0.25, 0.3) is 0 Å². The van der Waals surface area contributed by atoms with Crippen molar-refractivity contribution in [1.29, 1.82) is 0 Å². The molecule has 24 aromatic carbocycles. The minimum Gasteiger partial charge on any atom is -0.456 e. The van der Waals surface area contributed by atoms with Crippen LogP contribution in [0.25, 0.3) is 312 Å². The minimum absolute atomic E-state index is 0.140. The van der Waals surface area contributed by atoms with Crippen LogP contribution in [0.4, 0.5) is 0 Å². The SMILES string of the molecule is C=CC1=C(/C=C\C)C(C)(C)c2ccc(-c3ccc(-c4c5ccccc5c(-c5cccc6oc7cc8ccccc8cc7c56)c5cc(-c6ccc7cc8c(cc7c6)oc6cccc(-c7c9ccccc9c(-c9cccc%10oc%11ccccc%11c9%10)c9ccc(-c%10ccc%11cc%12c(cc%11c%10)oc%10cccc(-c%11c%13ccccc%13c(-c%13ccc%14oc%15ccccc%15c%14c%13)c%13ccccc%11%13)c%10%12)cc79)c68)ccc45)cc3)cc21. The Morgan fingerprint density at radius 1 is 0.199 bits per heavy atom. The van der Waals surface area contributed by atoms with Crippen molar-refractivity contribution in [3.8, 4) is 100 Å². The maximum Gasteiger partial charge on any atom is 0.136 e. The van der Waals surface area contributed by atoms with E-state index in [9.17, 15) is 0 Å². The smallest absolute Gasteiger partial charge is 0.136 e. The first-order valence-electron chi connectivity index (χ1n) is 48.7. The molecule has 29 aromatic rings. The van der Waals surface area contributed by atoms with Crippen LogP contribution in [-0.4, -0.2) is 0 Å². The van der Waals surface area contributed by atoms with Crippen molar-refractivity contribution in [1.82, 2.24) is 0 Å². The lowest BCUT2D eigenvalue weighted by atomic mass is 9.80. The number of rotatable bonds is 11. The number of para-hydroxylation sites is 2. The molecule has 0 saturated heterocycles. The van der Waals surface area contributed by atoms with Crippen molar-refractivity contribution in [2.24, 2.45) is 0 Å². The van der Waals surface area contributed by atoms with E-state index in [1.807, 2.05) is 12.1 Å².